The van der Waals surface area contributed by atoms with Gasteiger partial charge in [-0.3, -0.25) is 4.90 Å². The smallest absolute Gasteiger partial charge is 0.244 e. The molecular weight excluding hydrogens is 334 g/mol. The van der Waals surface area contributed by atoms with E-state index in [0.717, 1.165) is 36.5 Å². The number of thiazole rings is 1. The lowest BCUT2D eigenvalue weighted by atomic mass is 10.0. The van der Waals surface area contributed by atoms with Crippen molar-refractivity contribution in [2.45, 2.75) is 31.8 Å². The van der Waals surface area contributed by atoms with Crippen molar-refractivity contribution in [3.05, 3.63) is 52.3 Å². The Kier molecular flexibility index (Phi) is 4.55. The van der Waals surface area contributed by atoms with Crippen LogP contribution in [0.15, 0.2) is 40.4 Å². The Bertz CT molecular complexity index is 883. The van der Waals surface area contributed by atoms with Crippen LogP contribution in [0.4, 0.5) is 0 Å². The van der Waals surface area contributed by atoms with Gasteiger partial charge in [0, 0.05) is 17.1 Å². The third kappa shape index (κ3) is 3.45. The first-order valence-corrected chi connectivity index (χ1v) is 9.18. The first kappa shape index (κ1) is 15.9. The lowest BCUT2D eigenvalue weighted by Gasteiger charge is -2.32. The molecule has 126 valence electrons. The second-order valence-electron chi connectivity index (χ2n) is 6.06. The molecule has 0 N–H and O–H groups in total. The zero-order chi connectivity index (χ0) is 17.1. The summed E-state index contributed by atoms with van der Waals surface area (Å²) in [4.78, 5) is 11.4. The molecule has 7 heteroatoms. The van der Waals surface area contributed by atoms with Gasteiger partial charge < -0.3 is 4.52 Å². The summed E-state index contributed by atoms with van der Waals surface area (Å²) in [6.45, 7) is 1.82. The Hall–Kier alpha value is -2.56. The van der Waals surface area contributed by atoms with Crippen molar-refractivity contribution in [2.75, 3.05) is 6.54 Å². The second-order valence-corrected chi connectivity index (χ2v) is 7.04. The molecule has 1 aromatic carbocycles. The molecule has 3 heterocycles. The van der Waals surface area contributed by atoms with Gasteiger partial charge in [-0.1, -0.05) is 23.7 Å². The van der Waals surface area contributed by atoms with E-state index in [9.17, 15) is 0 Å². The maximum absolute atomic E-state index is 9.05. The minimum Gasteiger partial charge on any atom is -0.337 e. The normalized spacial score (nSPS) is 18.1. The maximum Gasteiger partial charge on any atom is 0.244 e. The molecule has 1 fully saturated rings. The number of piperidine rings is 1. The molecule has 6 nitrogen and oxygen atoms in total. The number of benzene rings is 1. The molecule has 0 amide bonds. The summed E-state index contributed by atoms with van der Waals surface area (Å²) >= 11 is 1.67. The van der Waals surface area contributed by atoms with Gasteiger partial charge in [0.05, 0.1) is 24.2 Å². The van der Waals surface area contributed by atoms with Crippen LogP contribution in [0.25, 0.3) is 11.4 Å². The van der Waals surface area contributed by atoms with Crippen LogP contribution < -0.4 is 0 Å². The lowest BCUT2D eigenvalue weighted by Crippen LogP contribution is -2.33. The second kappa shape index (κ2) is 7.13. The van der Waals surface area contributed by atoms with Crippen LogP contribution in [0.5, 0.6) is 0 Å². The molecule has 0 aliphatic carbocycles. The fourth-order valence-electron chi connectivity index (χ4n) is 3.18. The van der Waals surface area contributed by atoms with Gasteiger partial charge in [0.25, 0.3) is 0 Å². The molecule has 2 aromatic heterocycles. The van der Waals surface area contributed by atoms with E-state index in [2.05, 4.69) is 26.1 Å². The SMILES string of the molecule is N#Cc1cccc(-c2noc([C@H]3CCCCN3Cc3nccs3)n2)c1. The zero-order valence-corrected chi connectivity index (χ0v) is 14.4. The van der Waals surface area contributed by atoms with Crippen molar-refractivity contribution < 1.29 is 4.52 Å². The zero-order valence-electron chi connectivity index (χ0n) is 13.6. The molecule has 25 heavy (non-hydrogen) atoms. The Balaban J connectivity index is 1.58. The average molecular weight is 351 g/mol. The highest BCUT2D eigenvalue weighted by molar-refractivity contribution is 7.09. The predicted molar refractivity (Wildman–Crippen MR) is 93.6 cm³/mol. The first-order valence-electron chi connectivity index (χ1n) is 8.30. The highest BCUT2D eigenvalue weighted by atomic mass is 32.1. The quantitative estimate of drug-likeness (QED) is 0.711. The van der Waals surface area contributed by atoms with Gasteiger partial charge in [-0.05, 0) is 31.5 Å². The van der Waals surface area contributed by atoms with Crippen LogP contribution in [0.3, 0.4) is 0 Å². The third-order valence-electron chi connectivity index (χ3n) is 4.41. The summed E-state index contributed by atoms with van der Waals surface area (Å²) in [5.74, 6) is 1.18. The molecule has 3 aromatic rings. The van der Waals surface area contributed by atoms with E-state index in [1.807, 2.05) is 23.7 Å². The van der Waals surface area contributed by atoms with Crippen LogP contribution in [-0.2, 0) is 6.54 Å². The van der Waals surface area contributed by atoms with E-state index < -0.39 is 0 Å². The number of aromatic nitrogens is 3. The van der Waals surface area contributed by atoms with Crippen LogP contribution in [-0.4, -0.2) is 26.6 Å². The predicted octanol–water partition coefficient (Wildman–Crippen LogP) is 3.79. The minimum absolute atomic E-state index is 0.123. The van der Waals surface area contributed by atoms with Crippen molar-refractivity contribution in [2.24, 2.45) is 0 Å². The number of nitriles is 1. The van der Waals surface area contributed by atoms with E-state index in [-0.39, 0.29) is 6.04 Å². The molecular formula is C18H17N5OS. The van der Waals surface area contributed by atoms with Crippen LogP contribution in [0.2, 0.25) is 0 Å². The fraction of sp³-hybridized carbons (Fsp3) is 0.333. The van der Waals surface area contributed by atoms with Crippen molar-refractivity contribution >= 4 is 11.3 Å². The van der Waals surface area contributed by atoms with Crippen molar-refractivity contribution in [3.63, 3.8) is 0 Å². The number of hydrogen-bond donors (Lipinski definition) is 0. The number of rotatable bonds is 4. The van der Waals surface area contributed by atoms with Crippen molar-refractivity contribution in [1.29, 1.82) is 5.26 Å². The Morgan fingerprint density at radius 3 is 3.16 bits per heavy atom. The molecule has 1 aliphatic rings. The summed E-state index contributed by atoms with van der Waals surface area (Å²) in [6, 6.07) is 9.53. The van der Waals surface area contributed by atoms with Gasteiger partial charge in [0.15, 0.2) is 0 Å². The molecule has 0 spiro atoms. The monoisotopic (exact) mass is 351 g/mol. The lowest BCUT2D eigenvalue weighted by molar-refractivity contribution is 0.111. The summed E-state index contributed by atoms with van der Waals surface area (Å²) in [6.07, 6.45) is 5.17. The largest absolute Gasteiger partial charge is 0.337 e. The van der Waals surface area contributed by atoms with E-state index >= 15 is 0 Å². The molecule has 4 rings (SSSR count). The van der Waals surface area contributed by atoms with Gasteiger partial charge >= 0.3 is 0 Å². The third-order valence-corrected chi connectivity index (χ3v) is 5.18. The first-order chi connectivity index (χ1) is 12.3. The standard InChI is InChI=1S/C18H17N5OS/c19-11-13-4-3-5-14(10-13)17-21-18(24-22-17)15-6-1-2-8-23(15)12-16-20-7-9-25-16/h3-5,7,9-10,15H,1-2,6,8,12H2/t15-/m1/s1. The number of nitrogens with zero attached hydrogens (tertiary/aromatic N) is 5. The molecule has 1 atom stereocenters. The van der Waals surface area contributed by atoms with E-state index in [0.29, 0.717) is 17.3 Å². The van der Waals surface area contributed by atoms with E-state index in [4.69, 9.17) is 9.78 Å². The molecule has 0 radical (unpaired) electrons. The Labute approximate surface area is 149 Å². The van der Waals surface area contributed by atoms with E-state index in [1.165, 1.54) is 6.42 Å². The molecule has 1 saturated heterocycles. The van der Waals surface area contributed by atoms with E-state index in [1.54, 1.807) is 23.5 Å². The molecule has 0 saturated carbocycles. The van der Waals surface area contributed by atoms with Gasteiger partial charge in [0.1, 0.15) is 5.01 Å². The summed E-state index contributed by atoms with van der Waals surface area (Å²) in [5.41, 5.74) is 1.39. The topological polar surface area (TPSA) is 78.8 Å². The van der Waals surface area contributed by atoms with Gasteiger partial charge in [-0.25, -0.2) is 4.98 Å². The number of likely N-dealkylation sites (tertiary alicyclic amines) is 1. The Morgan fingerprint density at radius 1 is 1.36 bits per heavy atom. The maximum atomic E-state index is 9.05. The highest BCUT2D eigenvalue weighted by Gasteiger charge is 2.29. The minimum atomic E-state index is 0.123. The van der Waals surface area contributed by atoms with Gasteiger partial charge in [-0.2, -0.15) is 10.2 Å². The number of hydrogen-bond acceptors (Lipinski definition) is 7. The summed E-state index contributed by atoms with van der Waals surface area (Å²) < 4.78 is 5.58. The summed E-state index contributed by atoms with van der Waals surface area (Å²) in [5, 5.41) is 16.3. The highest BCUT2D eigenvalue weighted by Crippen LogP contribution is 2.32. The van der Waals surface area contributed by atoms with Crippen molar-refractivity contribution in [1.82, 2.24) is 20.0 Å². The van der Waals surface area contributed by atoms with Gasteiger partial charge in [-0.15, -0.1) is 11.3 Å². The van der Waals surface area contributed by atoms with Crippen LogP contribution in [0.1, 0.15) is 41.8 Å². The van der Waals surface area contributed by atoms with Gasteiger partial charge in [0.2, 0.25) is 11.7 Å². The summed E-state index contributed by atoms with van der Waals surface area (Å²) in [7, 11) is 0. The molecule has 0 unspecified atom stereocenters. The average Bonchev–Trinajstić information content (AvgIpc) is 3.34. The van der Waals surface area contributed by atoms with Crippen molar-refractivity contribution in [3.8, 4) is 17.5 Å². The van der Waals surface area contributed by atoms with Crippen LogP contribution >= 0.6 is 11.3 Å². The fourth-order valence-corrected chi connectivity index (χ4v) is 3.82. The molecule has 0 bridgehead atoms. The Morgan fingerprint density at radius 2 is 2.32 bits per heavy atom. The van der Waals surface area contributed by atoms with Crippen LogP contribution in [0, 0.1) is 11.3 Å². The molecule has 1 aliphatic heterocycles.